The molecule has 1 fully saturated rings. The Balaban J connectivity index is 2.23. The molecular formula is C16H24BrNO. The first-order valence-electron chi connectivity index (χ1n) is 7.22. The van der Waals surface area contributed by atoms with Crippen LogP contribution in [0.15, 0.2) is 22.7 Å². The molecule has 0 aliphatic heterocycles. The minimum atomic E-state index is 0.268. The van der Waals surface area contributed by atoms with Crippen LogP contribution in [-0.4, -0.2) is 13.7 Å². The second-order valence-corrected chi connectivity index (χ2v) is 6.67. The highest BCUT2D eigenvalue weighted by atomic mass is 79.9. The second kappa shape index (κ2) is 6.76. The molecule has 1 aromatic rings. The van der Waals surface area contributed by atoms with Crippen LogP contribution in [0.1, 0.15) is 44.1 Å². The number of hydrogen-bond donors (Lipinski definition) is 1. The highest BCUT2D eigenvalue weighted by Crippen LogP contribution is 2.39. The average Bonchev–Trinajstić information content (AvgIpc) is 2.65. The fourth-order valence-electron chi connectivity index (χ4n) is 3.22. The summed E-state index contributed by atoms with van der Waals surface area (Å²) in [6.45, 7) is 0.780. The van der Waals surface area contributed by atoms with Gasteiger partial charge >= 0.3 is 0 Å². The molecule has 0 atom stereocenters. The van der Waals surface area contributed by atoms with E-state index in [-0.39, 0.29) is 5.41 Å². The molecule has 1 saturated carbocycles. The van der Waals surface area contributed by atoms with Crippen molar-refractivity contribution < 1.29 is 4.74 Å². The predicted molar refractivity (Wildman–Crippen MR) is 83.6 cm³/mol. The minimum absolute atomic E-state index is 0.268. The summed E-state index contributed by atoms with van der Waals surface area (Å²) in [6.07, 6.45) is 8.88. The Bertz CT molecular complexity index is 411. The molecule has 2 rings (SSSR count). The number of ether oxygens (including phenoxy) is 1. The van der Waals surface area contributed by atoms with Gasteiger partial charge in [0.15, 0.2) is 0 Å². The van der Waals surface area contributed by atoms with Crippen LogP contribution >= 0.6 is 15.9 Å². The first kappa shape index (κ1) is 14.9. The van der Waals surface area contributed by atoms with Gasteiger partial charge in [-0.05, 0) is 55.0 Å². The summed E-state index contributed by atoms with van der Waals surface area (Å²) in [5.41, 5.74) is 7.68. The van der Waals surface area contributed by atoms with Crippen LogP contribution in [0.4, 0.5) is 0 Å². The van der Waals surface area contributed by atoms with Crippen molar-refractivity contribution in [2.45, 2.75) is 44.9 Å². The topological polar surface area (TPSA) is 35.2 Å². The average molecular weight is 326 g/mol. The van der Waals surface area contributed by atoms with Gasteiger partial charge in [0.2, 0.25) is 0 Å². The van der Waals surface area contributed by atoms with Crippen molar-refractivity contribution in [2.75, 3.05) is 13.7 Å². The minimum Gasteiger partial charge on any atom is -0.496 e. The Morgan fingerprint density at radius 2 is 1.89 bits per heavy atom. The predicted octanol–water partition coefficient (Wildman–Crippen LogP) is 4.30. The van der Waals surface area contributed by atoms with E-state index >= 15 is 0 Å². The lowest BCUT2D eigenvalue weighted by molar-refractivity contribution is 0.249. The number of benzene rings is 1. The number of methoxy groups -OCH3 is 1. The molecule has 1 aliphatic carbocycles. The zero-order chi connectivity index (χ0) is 13.7. The standard InChI is InChI=1S/C16H24BrNO/c1-19-15-7-6-14(17)10-13(15)11-16(12-18)8-4-2-3-5-9-16/h6-7,10H,2-5,8-9,11-12,18H2,1H3. The molecular weight excluding hydrogens is 302 g/mol. The number of hydrogen-bond acceptors (Lipinski definition) is 2. The third-order valence-electron chi connectivity index (χ3n) is 4.41. The van der Waals surface area contributed by atoms with E-state index in [1.807, 2.05) is 12.1 Å². The Kier molecular flexibility index (Phi) is 5.28. The third kappa shape index (κ3) is 3.73. The van der Waals surface area contributed by atoms with Crippen LogP contribution in [-0.2, 0) is 6.42 Å². The molecule has 106 valence electrons. The van der Waals surface area contributed by atoms with Crippen LogP contribution in [0.2, 0.25) is 0 Å². The molecule has 2 nitrogen and oxygen atoms in total. The molecule has 19 heavy (non-hydrogen) atoms. The Morgan fingerprint density at radius 3 is 2.47 bits per heavy atom. The van der Waals surface area contributed by atoms with Crippen molar-refractivity contribution in [3.05, 3.63) is 28.2 Å². The molecule has 0 radical (unpaired) electrons. The van der Waals surface area contributed by atoms with Crippen molar-refractivity contribution in [1.82, 2.24) is 0 Å². The van der Waals surface area contributed by atoms with Gasteiger partial charge in [-0.25, -0.2) is 0 Å². The summed E-state index contributed by atoms with van der Waals surface area (Å²) in [6, 6.07) is 6.26. The largest absolute Gasteiger partial charge is 0.496 e. The zero-order valence-corrected chi connectivity index (χ0v) is 13.3. The summed E-state index contributed by atoms with van der Waals surface area (Å²) in [7, 11) is 1.74. The number of halogens is 1. The lowest BCUT2D eigenvalue weighted by Crippen LogP contribution is -2.32. The second-order valence-electron chi connectivity index (χ2n) is 5.75. The molecule has 2 N–H and O–H groups in total. The molecule has 0 amide bonds. The highest BCUT2D eigenvalue weighted by Gasteiger charge is 2.30. The van der Waals surface area contributed by atoms with Crippen molar-refractivity contribution in [1.29, 1.82) is 0 Å². The summed E-state index contributed by atoms with van der Waals surface area (Å²) >= 11 is 3.56. The van der Waals surface area contributed by atoms with Crippen molar-refractivity contribution >= 4 is 15.9 Å². The van der Waals surface area contributed by atoms with Crippen molar-refractivity contribution in [2.24, 2.45) is 11.1 Å². The summed E-state index contributed by atoms with van der Waals surface area (Å²) in [4.78, 5) is 0. The molecule has 0 aromatic heterocycles. The lowest BCUT2D eigenvalue weighted by atomic mass is 9.75. The molecule has 0 bridgehead atoms. The van der Waals surface area contributed by atoms with Gasteiger partial charge in [-0.2, -0.15) is 0 Å². The molecule has 1 aliphatic rings. The van der Waals surface area contributed by atoms with Gasteiger partial charge in [0.25, 0.3) is 0 Å². The molecule has 0 spiro atoms. The lowest BCUT2D eigenvalue weighted by Gasteiger charge is -2.32. The SMILES string of the molecule is COc1ccc(Br)cc1CC1(CN)CCCCCC1. The Morgan fingerprint density at radius 1 is 1.21 bits per heavy atom. The monoisotopic (exact) mass is 325 g/mol. The van der Waals surface area contributed by atoms with E-state index in [4.69, 9.17) is 10.5 Å². The first-order valence-corrected chi connectivity index (χ1v) is 8.01. The maximum Gasteiger partial charge on any atom is 0.122 e. The van der Waals surface area contributed by atoms with E-state index in [9.17, 15) is 0 Å². The Labute approximate surface area is 124 Å². The molecule has 0 heterocycles. The maximum atomic E-state index is 6.13. The maximum absolute atomic E-state index is 6.13. The normalized spacial score (nSPS) is 18.9. The van der Waals surface area contributed by atoms with Gasteiger partial charge in [0, 0.05) is 4.47 Å². The van der Waals surface area contributed by atoms with E-state index in [0.717, 1.165) is 23.2 Å². The molecule has 3 heteroatoms. The van der Waals surface area contributed by atoms with Gasteiger partial charge < -0.3 is 10.5 Å². The fourth-order valence-corrected chi connectivity index (χ4v) is 3.63. The highest BCUT2D eigenvalue weighted by molar-refractivity contribution is 9.10. The van der Waals surface area contributed by atoms with Crippen molar-refractivity contribution in [3.8, 4) is 5.75 Å². The number of nitrogens with two attached hydrogens (primary N) is 1. The summed E-state index contributed by atoms with van der Waals surface area (Å²) < 4.78 is 6.62. The van der Waals surface area contributed by atoms with Crippen LogP contribution in [0.25, 0.3) is 0 Å². The van der Waals surface area contributed by atoms with E-state index in [2.05, 4.69) is 22.0 Å². The summed E-state index contributed by atoms with van der Waals surface area (Å²) in [5, 5.41) is 0. The van der Waals surface area contributed by atoms with Gasteiger partial charge in [-0.3, -0.25) is 0 Å². The zero-order valence-electron chi connectivity index (χ0n) is 11.8. The van der Waals surface area contributed by atoms with E-state index in [1.54, 1.807) is 7.11 Å². The van der Waals surface area contributed by atoms with Gasteiger partial charge in [0.1, 0.15) is 5.75 Å². The molecule has 0 unspecified atom stereocenters. The Hall–Kier alpha value is -0.540. The molecule has 1 aromatic carbocycles. The molecule has 0 saturated heterocycles. The van der Waals surface area contributed by atoms with E-state index in [1.165, 1.54) is 44.1 Å². The van der Waals surface area contributed by atoms with Crippen molar-refractivity contribution in [3.63, 3.8) is 0 Å². The third-order valence-corrected chi connectivity index (χ3v) is 4.90. The van der Waals surface area contributed by atoms with Gasteiger partial charge in [0.05, 0.1) is 7.11 Å². The van der Waals surface area contributed by atoms with Gasteiger partial charge in [-0.1, -0.05) is 41.6 Å². The van der Waals surface area contributed by atoms with Crippen LogP contribution in [0.5, 0.6) is 5.75 Å². The van der Waals surface area contributed by atoms with E-state index < -0.39 is 0 Å². The fraction of sp³-hybridized carbons (Fsp3) is 0.625. The van der Waals surface area contributed by atoms with Gasteiger partial charge in [-0.15, -0.1) is 0 Å². The van der Waals surface area contributed by atoms with Crippen LogP contribution in [0, 0.1) is 5.41 Å². The quantitative estimate of drug-likeness (QED) is 0.837. The first-order chi connectivity index (χ1) is 9.19. The van der Waals surface area contributed by atoms with Crippen LogP contribution < -0.4 is 10.5 Å². The smallest absolute Gasteiger partial charge is 0.122 e. The summed E-state index contributed by atoms with van der Waals surface area (Å²) in [5.74, 6) is 0.986. The number of rotatable bonds is 4. The van der Waals surface area contributed by atoms with Crippen LogP contribution in [0.3, 0.4) is 0 Å². The van der Waals surface area contributed by atoms with E-state index in [0.29, 0.717) is 0 Å².